The van der Waals surface area contributed by atoms with Crippen molar-refractivity contribution in [2.24, 2.45) is 5.16 Å². The summed E-state index contributed by atoms with van der Waals surface area (Å²) in [7, 11) is 0. The number of amides is 2. The first-order chi connectivity index (χ1) is 9.90. The van der Waals surface area contributed by atoms with E-state index in [1.54, 1.807) is 18.3 Å². The fourth-order valence-electron chi connectivity index (χ4n) is 1.96. The molecule has 0 aromatic carbocycles. The highest BCUT2D eigenvalue weighted by molar-refractivity contribution is 7.12. The molecule has 6 nitrogen and oxygen atoms in total. The lowest BCUT2D eigenvalue weighted by molar-refractivity contribution is -0.142. The zero-order valence-electron chi connectivity index (χ0n) is 12.3. The van der Waals surface area contributed by atoms with Gasteiger partial charge in [-0.25, -0.2) is 0 Å². The monoisotopic (exact) mass is 309 g/mol. The molecule has 21 heavy (non-hydrogen) atoms. The van der Waals surface area contributed by atoms with Crippen LogP contribution in [-0.4, -0.2) is 35.7 Å². The Kier molecular flexibility index (Phi) is 4.62. The van der Waals surface area contributed by atoms with E-state index in [1.807, 2.05) is 31.4 Å². The van der Waals surface area contributed by atoms with Crippen LogP contribution in [0.3, 0.4) is 0 Å². The summed E-state index contributed by atoms with van der Waals surface area (Å²) in [5, 5.41) is 11.2. The second kappa shape index (κ2) is 6.26. The van der Waals surface area contributed by atoms with Gasteiger partial charge in [0.2, 0.25) is 11.5 Å². The maximum atomic E-state index is 12.2. The molecule has 1 aliphatic heterocycles. The molecule has 114 valence electrons. The van der Waals surface area contributed by atoms with Crippen LogP contribution < -0.4 is 10.6 Å². The summed E-state index contributed by atoms with van der Waals surface area (Å²) < 4.78 is 0. The van der Waals surface area contributed by atoms with E-state index in [4.69, 9.17) is 4.84 Å². The summed E-state index contributed by atoms with van der Waals surface area (Å²) in [4.78, 5) is 30.0. The van der Waals surface area contributed by atoms with Gasteiger partial charge >= 0.3 is 0 Å². The molecule has 1 atom stereocenters. The van der Waals surface area contributed by atoms with Crippen molar-refractivity contribution in [2.45, 2.75) is 38.8 Å². The smallest absolute Gasteiger partial charge is 0.267 e. The fourth-order valence-corrected chi connectivity index (χ4v) is 2.66. The summed E-state index contributed by atoms with van der Waals surface area (Å²) in [6.07, 6.45) is 0.394. The van der Waals surface area contributed by atoms with Gasteiger partial charge in [0.1, 0.15) is 5.71 Å². The maximum absolute atomic E-state index is 12.2. The number of rotatable bonds is 5. The van der Waals surface area contributed by atoms with E-state index in [2.05, 4.69) is 15.8 Å². The van der Waals surface area contributed by atoms with Crippen LogP contribution in [0.25, 0.3) is 0 Å². The summed E-state index contributed by atoms with van der Waals surface area (Å²) in [5.74, 6) is -0.559. The van der Waals surface area contributed by atoms with Gasteiger partial charge in [-0.05, 0) is 32.2 Å². The van der Waals surface area contributed by atoms with Crippen molar-refractivity contribution in [3.8, 4) is 0 Å². The highest BCUT2D eigenvalue weighted by atomic mass is 32.1. The van der Waals surface area contributed by atoms with Crippen molar-refractivity contribution in [3.05, 3.63) is 22.4 Å². The Labute approximate surface area is 127 Å². The van der Waals surface area contributed by atoms with Crippen molar-refractivity contribution < 1.29 is 14.4 Å². The summed E-state index contributed by atoms with van der Waals surface area (Å²) in [6, 6.07) is 3.91. The Balaban J connectivity index is 1.88. The average molecular weight is 309 g/mol. The minimum Gasteiger partial charge on any atom is -0.379 e. The highest BCUT2D eigenvalue weighted by Crippen LogP contribution is 2.28. The van der Waals surface area contributed by atoms with Crippen LogP contribution in [0.1, 0.15) is 32.1 Å². The lowest BCUT2D eigenvalue weighted by Crippen LogP contribution is -2.48. The van der Waals surface area contributed by atoms with Crippen LogP contribution in [0.4, 0.5) is 0 Å². The second-order valence-corrected chi connectivity index (χ2v) is 6.37. The first kappa shape index (κ1) is 15.5. The number of carbonyl (C=O) groups excluding carboxylic acids is 2. The number of oxime groups is 1. The van der Waals surface area contributed by atoms with Crippen molar-refractivity contribution in [1.82, 2.24) is 10.6 Å². The van der Waals surface area contributed by atoms with Gasteiger partial charge in [0, 0.05) is 12.5 Å². The second-order valence-electron chi connectivity index (χ2n) is 5.42. The molecular formula is C14H19N3O3S. The van der Waals surface area contributed by atoms with Crippen LogP contribution in [0.5, 0.6) is 0 Å². The van der Waals surface area contributed by atoms with Crippen molar-refractivity contribution in [3.63, 3.8) is 0 Å². The molecule has 1 aromatic rings. The Morgan fingerprint density at radius 2 is 2.29 bits per heavy atom. The molecule has 0 radical (unpaired) electrons. The molecule has 0 saturated carbocycles. The molecular weight excluding hydrogens is 290 g/mol. The van der Waals surface area contributed by atoms with Crippen LogP contribution in [0, 0.1) is 0 Å². The largest absolute Gasteiger partial charge is 0.379 e. The third-order valence-corrected chi connectivity index (χ3v) is 3.93. The Morgan fingerprint density at radius 1 is 1.52 bits per heavy atom. The number of hydrogen-bond acceptors (Lipinski definition) is 5. The van der Waals surface area contributed by atoms with Gasteiger partial charge in [-0.3, -0.25) is 9.59 Å². The van der Waals surface area contributed by atoms with Gasteiger partial charge in [-0.15, -0.1) is 11.3 Å². The first-order valence-corrected chi connectivity index (χ1v) is 7.65. The zero-order chi connectivity index (χ0) is 15.5. The number of hydrogen-bond donors (Lipinski definition) is 2. The normalized spacial score (nSPS) is 20.9. The summed E-state index contributed by atoms with van der Waals surface area (Å²) in [6.45, 7) is 5.33. The van der Waals surface area contributed by atoms with E-state index < -0.39 is 5.60 Å². The molecule has 1 aliphatic rings. The predicted molar refractivity (Wildman–Crippen MR) is 81.3 cm³/mol. The molecule has 2 N–H and O–H groups in total. The topological polar surface area (TPSA) is 79.8 Å². The van der Waals surface area contributed by atoms with Gasteiger partial charge in [-0.1, -0.05) is 11.2 Å². The Bertz CT molecular complexity index is 554. The van der Waals surface area contributed by atoms with Crippen LogP contribution in [0.15, 0.2) is 22.7 Å². The van der Waals surface area contributed by atoms with E-state index >= 15 is 0 Å². The molecule has 0 unspecified atom stereocenters. The molecule has 7 heteroatoms. The quantitative estimate of drug-likeness (QED) is 0.859. The SMILES string of the molecule is CC(C)NC(=O)CNC(=O)[C@]1(C)CC(c2cccs2)=NO1. The predicted octanol–water partition coefficient (Wildman–Crippen LogP) is 1.27. The summed E-state index contributed by atoms with van der Waals surface area (Å²) in [5.41, 5.74) is -0.300. The van der Waals surface area contributed by atoms with E-state index in [-0.39, 0.29) is 24.4 Å². The Hall–Kier alpha value is -1.89. The molecule has 1 aromatic heterocycles. The zero-order valence-corrected chi connectivity index (χ0v) is 13.1. The lowest BCUT2D eigenvalue weighted by Gasteiger charge is -2.20. The molecule has 2 amide bonds. The molecule has 0 spiro atoms. The van der Waals surface area contributed by atoms with Gasteiger partial charge in [-0.2, -0.15) is 0 Å². The number of carbonyl (C=O) groups is 2. The van der Waals surface area contributed by atoms with Crippen LogP contribution in [-0.2, 0) is 14.4 Å². The van der Waals surface area contributed by atoms with Crippen molar-refractivity contribution in [1.29, 1.82) is 0 Å². The molecule has 2 rings (SSSR count). The van der Waals surface area contributed by atoms with Crippen LogP contribution >= 0.6 is 11.3 Å². The minimum atomic E-state index is -1.06. The third-order valence-electron chi connectivity index (χ3n) is 3.01. The van der Waals surface area contributed by atoms with Crippen molar-refractivity contribution in [2.75, 3.05) is 6.54 Å². The molecule has 0 fully saturated rings. The number of nitrogens with zero attached hydrogens (tertiary/aromatic N) is 1. The average Bonchev–Trinajstić information content (AvgIpc) is 3.04. The van der Waals surface area contributed by atoms with E-state index in [1.165, 1.54) is 0 Å². The van der Waals surface area contributed by atoms with Gasteiger partial charge in [0.25, 0.3) is 5.91 Å². The van der Waals surface area contributed by atoms with E-state index in [0.717, 1.165) is 10.6 Å². The molecule has 0 bridgehead atoms. The van der Waals surface area contributed by atoms with Gasteiger partial charge < -0.3 is 15.5 Å². The van der Waals surface area contributed by atoms with E-state index in [0.29, 0.717) is 6.42 Å². The van der Waals surface area contributed by atoms with Gasteiger partial charge in [0.05, 0.1) is 11.4 Å². The first-order valence-electron chi connectivity index (χ1n) is 6.77. The standard InChI is InChI=1S/C14H19N3O3S/c1-9(2)16-12(18)8-15-13(19)14(3)7-10(17-20-14)11-5-4-6-21-11/h4-6,9H,7-8H2,1-3H3,(H,15,19)(H,16,18)/t14-/m0/s1. The molecule has 0 saturated heterocycles. The number of nitrogens with one attached hydrogen (secondary N) is 2. The van der Waals surface area contributed by atoms with Crippen LogP contribution in [0.2, 0.25) is 0 Å². The maximum Gasteiger partial charge on any atom is 0.267 e. The van der Waals surface area contributed by atoms with Crippen molar-refractivity contribution >= 4 is 28.9 Å². The van der Waals surface area contributed by atoms with E-state index in [9.17, 15) is 9.59 Å². The fraction of sp³-hybridized carbons (Fsp3) is 0.500. The minimum absolute atomic E-state index is 0.0430. The molecule has 0 aliphatic carbocycles. The highest BCUT2D eigenvalue weighted by Gasteiger charge is 2.42. The Morgan fingerprint density at radius 3 is 2.90 bits per heavy atom. The number of thiophene rings is 1. The lowest BCUT2D eigenvalue weighted by atomic mass is 9.98. The summed E-state index contributed by atoms with van der Waals surface area (Å²) >= 11 is 1.55. The third kappa shape index (κ3) is 3.81. The molecule has 2 heterocycles. The van der Waals surface area contributed by atoms with Gasteiger partial charge in [0.15, 0.2) is 0 Å².